The molecular weight excluding hydrogens is 426 g/mol. The lowest BCUT2D eigenvalue weighted by Gasteiger charge is -2.22. The van der Waals surface area contributed by atoms with Crippen LogP contribution in [0.3, 0.4) is 0 Å². The highest BCUT2D eigenvalue weighted by molar-refractivity contribution is 5.85. The predicted molar refractivity (Wildman–Crippen MR) is 136 cm³/mol. The van der Waals surface area contributed by atoms with Gasteiger partial charge >= 0.3 is 0 Å². The monoisotopic (exact) mass is 459 g/mol. The van der Waals surface area contributed by atoms with Gasteiger partial charge in [-0.25, -0.2) is 9.97 Å². The van der Waals surface area contributed by atoms with Crippen molar-refractivity contribution < 1.29 is 14.6 Å². The van der Waals surface area contributed by atoms with E-state index >= 15 is 0 Å². The average Bonchev–Trinajstić information content (AvgIpc) is 2.87. The largest absolute Gasteiger partial charge is 0.494 e. The number of benzene rings is 2. The minimum absolute atomic E-state index is 0.259. The van der Waals surface area contributed by atoms with Gasteiger partial charge in [-0.3, -0.25) is 4.90 Å². The molecule has 2 aromatic carbocycles. The highest BCUT2D eigenvalue weighted by atomic mass is 16.5. The van der Waals surface area contributed by atoms with Gasteiger partial charge < -0.3 is 14.6 Å². The van der Waals surface area contributed by atoms with Gasteiger partial charge in [-0.1, -0.05) is 49.2 Å². The van der Waals surface area contributed by atoms with E-state index in [1.165, 1.54) is 0 Å². The summed E-state index contributed by atoms with van der Waals surface area (Å²) in [5.74, 6) is 1.58. The molecule has 0 aliphatic carbocycles. The van der Waals surface area contributed by atoms with Gasteiger partial charge in [0.25, 0.3) is 0 Å². The minimum Gasteiger partial charge on any atom is -0.494 e. The van der Waals surface area contributed by atoms with Gasteiger partial charge in [-0.2, -0.15) is 0 Å². The molecule has 0 atom stereocenters. The van der Waals surface area contributed by atoms with E-state index in [0.717, 1.165) is 90.0 Å². The molecule has 4 aromatic rings. The molecule has 178 valence electrons. The van der Waals surface area contributed by atoms with Crippen LogP contribution in [0.1, 0.15) is 37.1 Å². The van der Waals surface area contributed by atoms with E-state index in [1.807, 2.05) is 24.3 Å². The lowest BCUT2D eigenvalue weighted by Crippen LogP contribution is -2.25. The number of para-hydroxylation sites is 2. The van der Waals surface area contributed by atoms with E-state index in [2.05, 4.69) is 41.3 Å². The molecule has 4 rings (SSSR count). The quantitative estimate of drug-likeness (QED) is 0.288. The van der Waals surface area contributed by atoms with Gasteiger partial charge in [0.2, 0.25) is 0 Å². The number of unbranched alkanes of at least 4 members (excludes halogenated alkanes) is 3. The number of nitrogens with zero attached hydrogens (tertiary/aromatic N) is 3. The molecule has 1 N–H and O–H groups in total. The first-order valence-corrected chi connectivity index (χ1v) is 11.9. The lowest BCUT2D eigenvalue weighted by atomic mass is 10.1. The first kappa shape index (κ1) is 23.9. The van der Waals surface area contributed by atoms with Gasteiger partial charge in [-0.05, 0) is 43.7 Å². The zero-order valence-electron chi connectivity index (χ0n) is 20.0. The maximum atomic E-state index is 9.08. The molecule has 2 heterocycles. The molecule has 0 bridgehead atoms. The summed E-state index contributed by atoms with van der Waals surface area (Å²) in [6.07, 6.45) is 4.06. The Morgan fingerprint density at radius 1 is 0.676 bits per heavy atom. The molecule has 0 saturated heterocycles. The van der Waals surface area contributed by atoms with E-state index in [9.17, 15) is 0 Å². The zero-order chi connectivity index (χ0) is 23.8. The molecule has 34 heavy (non-hydrogen) atoms. The van der Waals surface area contributed by atoms with Gasteiger partial charge in [0.1, 0.15) is 22.5 Å². The van der Waals surface area contributed by atoms with Gasteiger partial charge in [0, 0.05) is 30.5 Å². The third-order valence-electron chi connectivity index (χ3n) is 6.08. The van der Waals surface area contributed by atoms with Crippen LogP contribution in [0.4, 0.5) is 0 Å². The van der Waals surface area contributed by atoms with Crippen molar-refractivity contribution in [2.45, 2.75) is 38.8 Å². The van der Waals surface area contributed by atoms with Crippen LogP contribution in [0.15, 0.2) is 60.7 Å². The molecule has 2 aromatic heterocycles. The number of methoxy groups -OCH3 is 2. The Labute approximate surface area is 201 Å². The van der Waals surface area contributed by atoms with Crippen LogP contribution in [0.2, 0.25) is 0 Å². The molecule has 0 amide bonds. The maximum Gasteiger partial charge on any atom is 0.145 e. The molecule has 0 radical (unpaired) electrons. The number of ether oxygens (including phenoxy) is 2. The van der Waals surface area contributed by atoms with Crippen LogP contribution in [0.5, 0.6) is 11.5 Å². The van der Waals surface area contributed by atoms with Crippen LogP contribution >= 0.6 is 0 Å². The number of fused-ring (bicyclic) bond motifs is 2. The summed E-state index contributed by atoms with van der Waals surface area (Å²) >= 11 is 0. The minimum atomic E-state index is 0.259. The second kappa shape index (κ2) is 11.8. The summed E-state index contributed by atoms with van der Waals surface area (Å²) < 4.78 is 11.1. The fourth-order valence-corrected chi connectivity index (χ4v) is 4.30. The number of pyridine rings is 2. The van der Waals surface area contributed by atoms with E-state index in [-0.39, 0.29) is 6.61 Å². The Bertz CT molecular complexity index is 1140. The fraction of sp³-hybridized carbons (Fsp3) is 0.357. The molecule has 0 saturated carbocycles. The molecule has 6 heteroatoms. The van der Waals surface area contributed by atoms with Gasteiger partial charge in [0.05, 0.1) is 25.6 Å². The first-order chi connectivity index (χ1) is 16.7. The molecule has 6 nitrogen and oxygen atoms in total. The summed E-state index contributed by atoms with van der Waals surface area (Å²) in [6.45, 7) is 2.64. The number of aliphatic hydroxyl groups is 1. The summed E-state index contributed by atoms with van der Waals surface area (Å²) in [7, 11) is 3.36. The molecule has 0 aliphatic rings. The number of aromatic nitrogens is 2. The molecule has 0 unspecified atom stereocenters. The Morgan fingerprint density at radius 3 is 1.71 bits per heavy atom. The van der Waals surface area contributed by atoms with Crippen molar-refractivity contribution in [2.24, 2.45) is 0 Å². The Hall–Kier alpha value is -3.22. The second-order valence-electron chi connectivity index (χ2n) is 8.52. The van der Waals surface area contributed by atoms with Crippen molar-refractivity contribution in [3.8, 4) is 11.5 Å². The van der Waals surface area contributed by atoms with Crippen molar-refractivity contribution in [3.63, 3.8) is 0 Å². The summed E-state index contributed by atoms with van der Waals surface area (Å²) in [6, 6.07) is 20.4. The van der Waals surface area contributed by atoms with E-state index in [0.29, 0.717) is 0 Å². The molecule has 0 fully saturated rings. The number of aliphatic hydroxyl groups excluding tert-OH is 1. The van der Waals surface area contributed by atoms with Crippen LogP contribution in [0, 0.1) is 0 Å². The smallest absolute Gasteiger partial charge is 0.145 e. The SMILES string of the molecule is COc1cccc2ccc(CN(CCCCCCO)Cc3ccc4cccc(OC)c4n3)nc12. The standard InChI is InChI=1S/C28H33N3O3/c1-33-25-11-7-9-21-13-15-23(29-27(21)25)19-31(17-5-3-4-6-18-32)20-24-16-14-22-10-8-12-26(34-2)28(22)30-24/h7-16,32H,3-6,17-20H2,1-2H3. The van der Waals surface area contributed by atoms with Gasteiger partial charge in [-0.15, -0.1) is 0 Å². The molecule has 0 aliphatic heterocycles. The van der Waals surface area contributed by atoms with E-state index in [1.54, 1.807) is 14.2 Å². The van der Waals surface area contributed by atoms with Crippen molar-refractivity contribution in [1.82, 2.24) is 14.9 Å². The third kappa shape index (κ3) is 5.82. The summed E-state index contributed by atoms with van der Waals surface area (Å²) in [5.41, 5.74) is 3.79. The summed E-state index contributed by atoms with van der Waals surface area (Å²) in [4.78, 5) is 12.2. The zero-order valence-corrected chi connectivity index (χ0v) is 20.0. The van der Waals surface area contributed by atoms with E-state index < -0.39 is 0 Å². The van der Waals surface area contributed by atoms with E-state index in [4.69, 9.17) is 24.5 Å². The normalized spacial score (nSPS) is 11.4. The van der Waals surface area contributed by atoms with Crippen molar-refractivity contribution >= 4 is 21.8 Å². The fourth-order valence-electron chi connectivity index (χ4n) is 4.30. The number of hydrogen-bond donors (Lipinski definition) is 1. The topological polar surface area (TPSA) is 67.7 Å². The Kier molecular flexibility index (Phi) is 8.28. The Morgan fingerprint density at radius 2 is 1.21 bits per heavy atom. The van der Waals surface area contributed by atoms with Crippen LogP contribution < -0.4 is 9.47 Å². The van der Waals surface area contributed by atoms with Crippen molar-refractivity contribution in [3.05, 3.63) is 72.1 Å². The highest BCUT2D eigenvalue weighted by Crippen LogP contribution is 2.26. The van der Waals surface area contributed by atoms with Crippen LogP contribution in [-0.2, 0) is 13.1 Å². The second-order valence-corrected chi connectivity index (χ2v) is 8.52. The Balaban J connectivity index is 1.56. The van der Waals surface area contributed by atoms with Crippen LogP contribution in [0.25, 0.3) is 21.8 Å². The third-order valence-corrected chi connectivity index (χ3v) is 6.08. The average molecular weight is 460 g/mol. The predicted octanol–water partition coefficient (Wildman–Crippen LogP) is 5.36. The lowest BCUT2D eigenvalue weighted by molar-refractivity contribution is 0.241. The highest BCUT2D eigenvalue weighted by Gasteiger charge is 2.12. The maximum absolute atomic E-state index is 9.08. The van der Waals surface area contributed by atoms with Crippen LogP contribution in [-0.4, -0.2) is 47.3 Å². The molecular formula is C28H33N3O3. The van der Waals surface area contributed by atoms with Gasteiger partial charge in [0.15, 0.2) is 0 Å². The van der Waals surface area contributed by atoms with Crippen molar-refractivity contribution in [2.75, 3.05) is 27.4 Å². The first-order valence-electron chi connectivity index (χ1n) is 11.9. The summed E-state index contributed by atoms with van der Waals surface area (Å²) in [5, 5.41) is 11.2. The van der Waals surface area contributed by atoms with Crippen molar-refractivity contribution in [1.29, 1.82) is 0 Å². The number of rotatable bonds is 12. The number of hydrogen-bond acceptors (Lipinski definition) is 6. The molecule has 0 spiro atoms.